The zero-order valence-electron chi connectivity index (χ0n) is 8.97. The Kier molecular flexibility index (Phi) is 2.07. The molecule has 1 saturated heterocycles. The highest BCUT2D eigenvalue weighted by molar-refractivity contribution is 5.81. The number of fused-ring (bicyclic) bond motifs is 1. The number of hydrogen-bond donors (Lipinski definition) is 0. The Bertz CT molecular complexity index is 585. The summed E-state index contributed by atoms with van der Waals surface area (Å²) in [6.45, 7) is 2.06. The lowest BCUT2D eigenvalue weighted by atomic mass is 10.1. The van der Waals surface area contributed by atoms with E-state index in [-0.39, 0.29) is 17.8 Å². The lowest BCUT2D eigenvalue weighted by Gasteiger charge is -1.98. The van der Waals surface area contributed by atoms with E-state index in [1.807, 2.05) is 24.3 Å². The highest BCUT2D eigenvalue weighted by atomic mass is 16.6. The number of benzene rings is 1. The van der Waals surface area contributed by atoms with Crippen LogP contribution in [0.5, 0.6) is 0 Å². The van der Waals surface area contributed by atoms with Crippen LogP contribution >= 0.6 is 0 Å². The first kappa shape index (κ1) is 9.60. The molecule has 0 aliphatic carbocycles. The van der Waals surface area contributed by atoms with Crippen LogP contribution in [0.15, 0.2) is 39.5 Å². The van der Waals surface area contributed by atoms with Crippen molar-refractivity contribution in [2.75, 3.05) is 0 Å². The van der Waals surface area contributed by atoms with Crippen LogP contribution in [0.3, 0.4) is 0 Å². The molecular weight excluding hydrogens is 204 g/mol. The Labute approximate surface area is 92.6 Å². The summed E-state index contributed by atoms with van der Waals surface area (Å²) in [4.78, 5) is 11.7. The van der Waals surface area contributed by atoms with Crippen molar-refractivity contribution >= 4 is 10.8 Å². The minimum absolute atomic E-state index is 0.0256. The number of ether oxygens (including phenoxy) is 1. The second-order valence-corrected chi connectivity index (χ2v) is 4.03. The average molecular weight is 216 g/mol. The molecular formula is C13H12O3. The molecule has 2 aromatic rings. The third kappa shape index (κ3) is 1.44. The minimum Gasteiger partial charge on any atom is -0.424 e. The van der Waals surface area contributed by atoms with Crippen LogP contribution in [0.2, 0.25) is 0 Å². The summed E-state index contributed by atoms with van der Waals surface area (Å²) in [5.74, 6) is 0.649. The van der Waals surface area contributed by atoms with Crippen molar-refractivity contribution in [2.24, 2.45) is 0 Å². The van der Waals surface area contributed by atoms with Gasteiger partial charge in [0.25, 0.3) is 0 Å². The molecule has 0 saturated carbocycles. The summed E-state index contributed by atoms with van der Waals surface area (Å²) >= 11 is 0. The summed E-state index contributed by atoms with van der Waals surface area (Å²) in [6, 6.07) is 9.34. The summed E-state index contributed by atoms with van der Waals surface area (Å²) < 4.78 is 10.7. The Morgan fingerprint density at radius 2 is 2.12 bits per heavy atom. The largest absolute Gasteiger partial charge is 0.424 e. The molecule has 2 heterocycles. The summed E-state index contributed by atoms with van der Waals surface area (Å²) in [5.41, 5.74) is -0.279. The van der Waals surface area contributed by atoms with Gasteiger partial charge in [0.2, 0.25) is 0 Å². The van der Waals surface area contributed by atoms with E-state index in [0.29, 0.717) is 11.1 Å². The summed E-state index contributed by atoms with van der Waals surface area (Å²) in [5, 5.41) is 1.54. The first-order valence-electron chi connectivity index (χ1n) is 5.48. The predicted molar refractivity (Wildman–Crippen MR) is 60.4 cm³/mol. The predicted octanol–water partition coefficient (Wildman–Crippen LogP) is 2.64. The molecule has 3 heteroatoms. The zero-order chi connectivity index (χ0) is 11.1. The molecule has 1 fully saturated rings. The quantitative estimate of drug-likeness (QED) is 0.725. The van der Waals surface area contributed by atoms with E-state index >= 15 is 0 Å². The summed E-state index contributed by atoms with van der Waals surface area (Å²) in [7, 11) is 0. The summed E-state index contributed by atoms with van der Waals surface area (Å²) in [6.07, 6.45) is 1.13. The molecule has 2 unspecified atom stereocenters. The fourth-order valence-electron chi connectivity index (χ4n) is 2.00. The van der Waals surface area contributed by atoms with Gasteiger partial charge in [-0.15, -0.1) is 0 Å². The van der Waals surface area contributed by atoms with Crippen LogP contribution in [0.1, 0.15) is 25.2 Å². The van der Waals surface area contributed by atoms with Crippen molar-refractivity contribution in [1.29, 1.82) is 0 Å². The van der Waals surface area contributed by atoms with Gasteiger partial charge in [-0.3, -0.25) is 0 Å². The maximum absolute atomic E-state index is 11.7. The van der Waals surface area contributed by atoms with Crippen molar-refractivity contribution in [3.8, 4) is 0 Å². The number of rotatable bonds is 2. The minimum atomic E-state index is -0.279. The lowest BCUT2D eigenvalue weighted by Crippen LogP contribution is -2.02. The van der Waals surface area contributed by atoms with Crippen LogP contribution in [0, 0.1) is 0 Å². The Morgan fingerprint density at radius 3 is 2.88 bits per heavy atom. The number of epoxide rings is 1. The van der Waals surface area contributed by atoms with Gasteiger partial charge in [-0.1, -0.05) is 25.1 Å². The topological polar surface area (TPSA) is 42.7 Å². The molecule has 2 atom stereocenters. The molecule has 3 nitrogen and oxygen atoms in total. The van der Waals surface area contributed by atoms with Gasteiger partial charge < -0.3 is 9.15 Å². The lowest BCUT2D eigenvalue weighted by molar-refractivity contribution is 0.337. The van der Waals surface area contributed by atoms with Crippen LogP contribution in [0.25, 0.3) is 10.8 Å². The third-order valence-electron chi connectivity index (χ3n) is 2.95. The molecule has 1 aromatic heterocycles. The van der Waals surface area contributed by atoms with E-state index in [4.69, 9.17) is 9.15 Å². The van der Waals surface area contributed by atoms with E-state index in [0.717, 1.165) is 11.8 Å². The monoisotopic (exact) mass is 216 g/mol. The molecule has 82 valence electrons. The molecule has 0 radical (unpaired) electrons. The van der Waals surface area contributed by atoms with Gasteiger partial charge in [-0.2, -0.15) is 0 Å². The molecule has 1 aliphatic heterocycles. The highest BCUT2D eigenvalue weighted by Gasteiger charge is 2.40. The van der Waals surface area contributed by atoms with Crippen molar-refractivity contribution in [3.05, 3.63) is 46.5 Å². The molecule has 0 amide bonds. The third-order valence-corrected chi connectivity index (χ3v) is 2.95. The van der Waals surface area contributed by atoms with E-state index < -0.39 is 0 Å². The van der Waals surface area contributed by atoms with Crippen molar-refractivity contribution in [3.63, 3.8) is 0 Å². The second-order valence-electron chi connectivity index (χ2n) is 4.03. The highest BCUT2D eigenvalue weighted by Crippen LogP contribution is 2.40. The van der Waals surface area contributed by atoms with Gasteiger partial charge in [0, 0.05) is 0 Å². The SMILES string of the molecule is CCC1OC1c1cc2ccccc2c(=O)o1. The zero-order valence-corrected chi connectivity index (χ0v) is 8.97. The van der Waals surface area contributed by atoms with Gasteiger partial charge in [0.05, 0.1) is 11.5 Å². The molecule has 1 aromatic carbocycles. The Hall–Kier alpha value is -1.61. The van der Waals surface area contributed by atoms with E-state index in [2.05, 4.69) is 6.92 Å². The molecule has 3 rings (SSSR count). The van der Waals surface area contributed by atoms with Gasteiger partial charge in [-0.05, 0) is 23.9 Å². The average Bonchev–Trinajstić information content (AvgIpc) is 3.08. The van der Waals surface area contributed by atoms with Gasteiger partial charge in [-0.25, -0.2) is 4.79 Å². The Morgan fingerprint density at radius 1 is 1.31 bits per heavy atom. The van der Waals surface area contributed by atoms with Crippen molar-refractivity contribution in [2.45, 2.75) is 25.6 Å². The molecule has 0 bridgehead atoms. The number of hydrogen-bond acceptors (Lipinski definition) is 3. The molecule has 16 heavy (non-hydrogen) atoms. The molecule has 0 N–H and O–H groups in total. The Balaban J connectivity index is 2.12. The van der Waals surface area contributed by atoms with E-state index in [9.17, 15) is 4.79 Å². The fraction of sp³-hybridized carbons (Fsp3) is 0.308. The molecule has 1 aliphatic rings. The van der Waals surface area contributed by atoms with Gasteiger partial charge in [0.15, 0.2) is 0 Å². The van der Waals surface area contributed by atoms with Crippen LogP contribution in [0.4, 0.5) is 0 Å². The van der Waals surface area contributed by atoms with Crippen LogP contribution in [-0.4, -0.2) is 6.10 Å². The van der Waals surface area contributed by atoms with Crippen molar-refractivity contribution < 1.29 is 9.15 Å². The van der Waals surface area contributed by atoms with Crippen molar-refractivity contribution in [1.82, 2.24) is 0 Å². The first-order chi connectivity index (χ1) is 7.79. The fourth-order valence-corrected chi connectivity index (χ4v) is 2.00. The maximum atomic E-state index is 11.7. The van der Waals surface area contributed by atoms with E-state index in [1.54, 1.807) is 6.07 Å². The smallest absolute Gasteiger partial charge is 0.343 e. The first-order valence-corrected chi connectivity index (χ1v) is 5.48. The maximum Gasteiger partial charge on any atom is 0.343 e. The van der Waals surface area contributed by atoms with Gasteiger partial charge in [0.1, 0.15) is 11.9 Å². The van der Waals surface area contributed by atoms with Crippen LogP contribution in [-0.2, 0) is 4.74 Å². The normalized spacial score (nSPS) is 23.6. The molecule has 0 spiro atoms. The second kappa shape index (κ2) is 3.46. The standard InChI is InChI=1S/C13H12O3/c1-2-10-12(15-10)11-7-8-5-3-4-6-9(8)13(14)16-11/h3-7,10,12H,2H2,1H3. The van der Waals surface area contributed by atoms with E-state index in [1.165, 1.54) is 0 Å². The van der Waals surface area contributed by atoms with Gasteiger partial charge >= 0.3 is 5.63 Å². The van der Waals surface area contributed by atoms with Crippen LogP contribution < -0.4 is 5.63 Å².